The van der Waals surface area contributed by atoms with E-state index < -0.39 is 17.5 Å². The fraction of sp³-hybridized carbons (Fsp3) is 0.125. The van der Waals surface area contributed by atoms with E-state index in [0.29, 0.717) is 0 Å². The van der Waals surface area contributed by atoms with E-state index in [1.165, 1.54) is 7.05 Å². The van der Waals surface area contributed by atoms with Crippen LogP contribution in [0.15, 0.2) is 12.1 Å². The van der Waals surface area contributed by atoms with E-state index in [4.69, 9.17) is 5.73 Å². The number of hydrogen-bond donors (Lipinski definition) is 2. The van der Waals surface area contributed by atoms with Gasteiger partial charge in [-0.1, -0.05) is 0 Å². The van der Waals surface area contributed by atoms with Gasteiger partial charge in [0.25, 0.3) is 5.91 Å². The maximum Gasteiger partial charge on any atom is 0.254 e. The zero-order chi connectivity index (χ0) is 10.0. The summed E-state index contributed by atoms with van der Waals surface area (Å²) in [7, 11) is 1.33. The average molecular weight is 186 g/mol. The van der Waals surface area contributed by atoms with E-state index in [1.54, 1.807) is 0 Å². The lowest BCUT2D eigenvalue weighted by Gasteiger charge is -2.03. The number of carbonyl (C=O) groups excluding carboxylic acids is 1. The van der Waals surface area contributed by atoms with Gasteiger partial charge in [0.15, 0.2) is 0 Å². The highest BCUT2D eigenvalue weighted by molar-refractivity contribution is 5.94. The van der Waals surface area contributed by atoms with Crippen molar-refractivity contribution in [3.05, 3.63) is 29.3 Å². The van der Waals surface area contributed by atoms with E-state index in [1.807, 2.05) is 0 Å². The highest BCUT2D eigenvalue weighted by Crippen LogP contribution is 2.16. The van der Waals surface area contributed by atoms with Crippen LogP contribution in [0.1, 0.15) is 10.4 Å². The van der Waals surface area contributed by atoms with Gasteiger partial charge in [-0.25, -0.2) is 8.78 Å². The quantitative estimate of drug-likeness (QED) is 0.640. The molecule has 0 aromatic heterocycles. The summed E-state index contributed by atoms with van der Waals surface area (Å²) in [5.74, 6) is -2.32. The minimum atomic E-state index is -0.835. The SMILES string of the molecule is CNC(=O)c1cc(F)c(N)cc1F. The second kappa shape index (κ2) is 3.38. The molecule has 1 amide bonds. The van der Waals surface area contributed by atoms with E-state index in [0.717, 1.165) is 12.1 Å². The van der Waals surface area contributed by atoms with Gasteiger partial charge in [0.1, 0.15) is 11.6 Å². The molecular weight excluding hydrogens is 178 g/mol. The molecular formula is C8H8F2N2O. The molecule has 0 atom stereocenters. The molecule has 1 aromatic rings. The first-order valence-corrected chi connectivity index (χ1v) is 3.53. The zero-order valence-electron chi connectivity index (χ0n) is 6.90. The van der Waals surface area contributed by atoms with Crippen molar-refractivity contribution in [2.24, 2.45) is 0 Å². The fourth-order valence-corrected chi connectivity index (χ4v) is 0.871. The van der Waals surface area contributed by atoms with Crippen LogP contribution >= 0.6 is 0 Å². The number of amides is 1. The van der Waals surface area contributed by atoms with Crippen molar-refractivity contribution in [2.75, 3.05) is 12.8 Å². The van der Waals surface area contributed by atoms with Crippen LogP contribution in [-0.4, -0.2) is 13.0 Å². The molecule has 0 aliphatic rings. The van der Waals surface area contributed by atoms with E-state index in [-0.39, 0.29) is 11.3 Å². The first kappa shape index (κ1) is 9.44. The largest absolute Gasteiger partial charge is 0.396 e. The summed E-state index contributed by atoms with van der Waals surface area (Å²) in [6.45, 7) is 0. The summed E-state index contributed by atoms with van der Waals surface area (Å²) in [6, 6.07) is 1.55. The predicted molar refractivity (Wildman–Crippen MR) is 44.2 cm³/mol. The van der Waals surface area contributed by atoms with Crippen LogP contribution in [-0.2, 0) is 0 Å². The van der Waals surface area contributed by atoms with Crippen molar-refractivity contribution in [1.82, 2.24) is 5.32 Å². The Labute approximate surface area is 73.5 Å². The Kier molecular flexibility index (Phi) is 2.46. The van der Waals surface area contributed by atoms with Crippen LogP contribution in [0, 0.1) is 11.6 Å². The maximum atomic E-state index is 13.0. The van der Waals surface area contributed by atoms with Crippen molar-refractivity contribution >= 4 is 11.6 Å². The third kappa shape index (κ3) is 1.74. The van der Waals surface area contributed by atoms with Gasteiger partial charge in [-0.3, -0.25) is 4.79 Å². The normalized spacial score (nSPS) is 9.77. The molecule has 0 aliphatic heterocycles. The second-order valence-electron chi connectivity index (χ2n) is 2.43. The van der Waals surface area contributed by atoms with Crippen LogP contribution in [0.4, 0.5) is 14.5 Å². The van der Waals surface area contributed by atoms with Crippen LogP contribution in [0.2, 0.25) is 0 Å². The molecule has 0 saturated carbocycles. The molecule has 0 bridgehead atoms. The molecule has 13 heavy (non-hydrogen) atoms. The number of carbonyl (C=O) groups is 1. The molecule has 1 aromatic carbocycles. The van der Waals surface area contributed by atoms with Gasteiger partial charge in [-0.05, 0) is 6.07 Å². The third-order valence-corrected chi connectivity index (χ3v) is 1.56. The molecule has 0 spiro atoms. The van der Waals surface area contributed by atoms with Gasteiger partial charge >= 0.3 is 0 Å². The van der Waals surface area contributed by atoms with E-state index in [9.17, 15) is 13.6 Å². The summed E-state index contributed by atoms with van der Waals surface area (Å²) in [6.07, 6.45) is 0. The molecule has 0 radical (unpaired) electrons. The molecule has 70 valence electrons. The smallest absolute Gasteiger partial charge is 0.254 e. The Balaban J connectivity index is 3.23. The maximum absolute atomic E-state index is 13.0. The Morgan fingerprint density at radius 3 is 2.54 bits per heavy atom. The summed E-state index contributed by atoms with van der Waals surface area (Å²) in [4.78, 5) is 10.9. The monoisotopic (exact) mass is 186 g/mol. The summed E-state index contributed by atoms with van der Waals surface area (Å²) >= 11 is 0. The highest BCUT2D eigenvalue weighted by atomic mass is 19.1. The topological polar surface area (TPSA) is 55.1 Å². The number of nitrogens with two attached hydrogens (primary N) is 1. The minimum absolute atomic E-state index is 0.315. The Bertz CT molecular complexity index is 352. The number of hydrogen-bond acceptors (Lipinski definition) is 2. The number of benzene rings is 1. The van der Waals surface area contributed by atoms with Crippen LogP contribution < -0.4 is 11.1 Å². The van der Waals surface area contributed by atoms with Crippen LogP contribution in [0.3, 0.4) is 0 Å². The van der Waals surface area contributed by atoms with Gasteiger partial charge in [-0.15, -0.1) is 0 Å². The van der Waals surface area contributed by atoms with Crippen molar-refractivity contribution in [1.29, 1.82) is 0 Å². The molecule has 1 rings (SSSR count). The van der Waals surface area contributed by atoms with Crippen LogP contribution in [0.25, 0.3) is 0 Å². The number of halogens is 2. The molecule has 0 saturated heterocycles. The van der Waals surface area contributed by atoms with E-state index in [2.05, 4.69) is 5.32 Å². The van der Waals surface area contributed by atoms with Crippen molar-refractivity contribution in [3.8, 4) is 0 Å². The average Bonchev–Trinajstić information content (AvgIpc) is 2.10. The van der Waals surface area contributed by atoms with Crippen molar-refractivity contribution in [2.45, 2.75) is 0 Å². The highest BCUT2D eigenvalue weighted by Gasteiger charge is 2.13. The fourth-order valence-electron chi connectivity index (χ4n) is 0.871. The van der Waals surface area contributed by atoms with Gasteiger partial charge in [0, 0.05) is 13.1 Å². The Morgan fingerprint density at radius 1 is 1.38 bits per heavy atom. The first-order valence-electron chi connectivity index (χ1n) is 3.53. The predicted octanol–water partition coefficient (Wildman–Crippen LogP) is 0.907. The first-order chi connectivity index (χ1) is 6.06. The van der Waals surface area contributed by atoms with Crippen LogP contribution in [0.5, 0.6) is 0 Å². The van der Waals surface area contributed by atoms with Gasteiger partial charge in [-0.2, -0.15) is 0 Å². The van der Waals surface area contributed by atoms with Gasteiger partial charge in [0.05, 0.1) is 11.3 Å². The van der Waals surface area contributed by atoms with Gasteiger partial charge in [0.2, 0.25) is 0 Å². The van der Waals surface area contributed by atoms with Crippen molar-refractivity contribution in [3.63, 3.8) is 0 Å². The number of rotatable bonds is 1. The van der Waals surface area contributed by atoms with Gasteiger partial charge < -0.3 is 11.1 Å². The minimum Gasteiger partial charge on any atom is -0.396 e. The number of anilines is 1. The zero-order valence-corrected chi connectivity index (χ0v) is 6.90. The molecule has 0 fully saturated rings. The lowest BCUT2D eigenvalue weighted by Crippen LogP contribution is -2.19. The number of nitrogens with one attached hydrogen (secondary N) is 1. The lowest BCUT2D eigenvalue weighted by molar-refractivity contribution is 0.0958. The molecule has 0 heterocycles. The summed E-state index contributed by atoms with van der Waals surface area (Å²) in [5, 5.41) is 2.18. The Hall–Kier alpha value is -1.65. The molecule has 3 nitrogen and oxygen atoms in total. The van der Waals surface area contributed by atoms with Crippen molar-refractivity contribution < 1.29 is 13.6 Å². The lowest BCUT2D eigenvalue weighted by atomic mass is 10.1. The third-order valence-electron chi connectivity index (χ3n) is 1.56. The summed E-state index contributed by atoms with van der Waals surface area (Å²) in [5.41, 5.74) is 4.42. The molecule has 0 aliphatic carbocycles. The standard InChI is InChI=1S/C8H8F2N2O/c1-12-8(13)4-2-6(10)7(11)3-5(4)9/h2-3H,11H2,1H3,(H,12,13). The molecule has 5 heteroatoms. The van der Waals surface area contributed by atoms with E-state index >= 15 is 0 Å². The second-order valence-corrected chi connectivity index (χ2v) is 2.43. The molecule has 0 unspecified atom stereocenters. The summed E-state index contributed by atoms with van der Waals surface area (Å²) < 4.78 is 25.7. The Morgan fingerprint density at radius 2 is 2.00 bits per heavy atom. The molecule has 3 N–H and O–H groups in total. The number of nitrogen functional groups attached to an aromatic ring is 1.